The maximum atomic E-state index is 11.2. The van der Waals surface area contributed by atoms with E-state index in [1.807, 2.05) is 0 Å². The summed E-state index contributed by atoms with van der Waals surface area (Å²) in [5.41, 5.74) is 0.366. The van der Waals surface area contributed by atoms with Gasteiger partial charge in [-0.15, -0.1) is 0 Å². The molecule has 1 amide bonds. The number of phenols is 1. The third kappa shape index (κ3) is 2.98. The molecule has 1 aromatic carbocycles. The molecule has 0 radical (unpaired) electrons. The summed E-state index contributed by atoms with van der Waals surface area (Å²) in [7, 11) is 0. The summed E-state index contributed by atoms with van der Waals surface area (Å²) < 4.78 is 0. The lowest BCUT2D eigenvalue weighted by atomic mass is 10.2. The molecular weight excluding hydrogens is 198 g/mol. The highest BCUT2D eigenvalue weighted by molar-refractivity contribution is 5.96. The minimum absolute atomic E-state index is 0.0101. The summed E-state index contributed by atoms with van der Waals surface area (Å²) in [6.07, 6.45) is 0. The van der Waals surface area contributed by atoms with Crippen molar-refractivity contribution in [3.63, 3.8) is 0 Å². The molecule has 2 N–H and O–H groups in total. The number of aromatic hydroxyl groups is 1. The maximum Gasteiger partial charge on any atom is 0.323 e. The van der Waals surface area contributed by atoms with Crippen LogP contribution < -0.4 is 4.90 Å². The van der Waals surface area contributed by atoms with E-state index in [9.17, 15) is 14.7 Å². The number of aliphatic carboxylic acids is 1. The SMILES string of the molecule is CC(=O)N(CC(=O)O)c1cccc(O)c1. The molecule has 80 valence electrons. The molecule has 0 heterocycles. The number of nitrogens with zero attached hydrogens (tertiary/aromatic N) is 1. The molecule has 15 heavy (non-hydrogen) atoms. The fourth-order valence-corrected chi connectivity index (χ4v) is 1.18. The normalized spacial score (nSPS) is 9.67. The Kier molecular flexibility index (Phi) is 3.28. The number of benzene rings is 1. The molecular formula is C10H11NO4. The van der Waals surface area contributed by atoms with Gasteiger partial charge in [0.05, 0.1) is 0 Å². The van der Waals surface area contributed by atoms with Gasteiger partial charge in [0.15, 0.2) is 0 Å². The first-order valence-electron chi connectivity index (χ1n) is 4.29. The second-order valence-corrected chi connectivity index (χ2v) is 3.02. The highest BCUT2D eigenvalue weighted by Gasteiger charge is 2.14. The molecule has 0 atom stereocenters. The molecule has 0 spiro atoms. The number of carboxylic acids is 1. The van der Waals surface area contributed by atoms with Crippen LogP contribution in [0.15, 0.2) is 24.3 Å². The predicted octanol–water partition coefficient (Wildman–Crippen LogP) is 0.830. The average molecular weight is 209 g/mol. The van der Waals surface area contributed by atoms with Gasteiger partial charge in [-0.2, -0.15) is 0 Å². The van der Waals surface area contributed by atoms with Gasteiger partial charge in [0.25, 0.3) is 0 Å². The number of hydrogen-bond donors (Lipinski definition) is 2. The van der Waals surface area contributed by atoms with Crippen LogP contribution in [0.4, 0.5) is 5.69 Å². The highest BCUT2D eigenvalue weighted by atomic mass is 16.4. The largest absolute Gasteiger partial charge is 0.508 e. The van der Waals surface area contributed by atoms with Gasteiger partial charge in [-0.3, -0.25) is 9.59 Å². The lowest BCUT2D eigenvalue weighted by Crippen LogP contribution is -2.33. The molecule has 0 unspecified atom stereocenters. The number of phenolic OH excluding ortho intramolecular Hbond substituents is 1. The first kappa shape index (κ1) is 11.0. The van der Waals surface area contributed by atoms with Gasteiger partial charge < -0.3 is 15.1 Å². The second-order valence-electron chi connectivity index (χ2n) is 3.02. The molecule has 0 bridgehead atoms. The quantitative estimate of drug-likeness (QED) is 0.772. The Balaban J connectivity index is 2.98. The molecule has 0 saturated heterocycles. The van der Waals surface area contributed by atoms with E-state index >= 15 is 0 Å². The van der Waals surface area contributed by atoms with Crippen molar-refractivity contribution in [2.45, 2.75) is 6.92 Å². The minimum Gasteiger partial charge on any atom is -0.508 e. The molecule has 0 saturated carbocycles. The minimum atomic E-state index is -1.10. The van der Waals surface area contributed by atoms with Crippen LogP contribution in [0.2, 0.25) is 0 Å². The van der Waals surface area contributed by atoms with Crippen LogP contribution in [0.5, 0.6) is 5.75 Å². The van der Waals surface area contributed by atoms with Crippen molar-refractivity contribution in [3.05, 3.63) is 24.3 Å². The lowest BCUT2D eigenvalue weighted by molar-refractivity contribution is -0.136. The molecule has 0 aliphatic rings. The molecule has 5 heteroatoms. The number of amides is 1. The number of carboxylic acid groups (broad SMARTS) is 1. The van der Waals surface area contributed by atoms with Crippen LogP contribution in [0.3, 0.4) is 0 Å². The van der Waals surface area contributed by atoms with Crippen LogP contribution in [-0.4, -0.2) is 28.6 Å². The summed E-state index contributed by atoms with van der Waals surface area (Å²) >= 11 is 0. The van der Waals surface area contributed by atoms with Crippen molar-refractivity contribution >= 4 is 17.6 Å². The van der Waals surface area contributed by atoms with E-state index in [1.54, 1.807) is 12.1 Å². The van der Waals surface area contributed by atoms with E-state index in [4.69, 9.17) is 5.11 Å². The van der Waals surface area contributed by atoms with Crippen molar-refractivity contribution in [3.8, 4) is 5.75 Å². The summed E-state index contributed by atoms with van der Waals surface area (Å²) in [4.78, 5) is 22.8. The van der Waals surface area contributed by atoms with Crippen LogP contribution in [-0.2, 0) is 9.59 Å². The maximum absolute atomic E-state index is 11.2. The van der Waals surface area contributed by atoms with E-state index in [-0.39, 0.29) is 11.7 Å². The van der Waals surface area contributed by atoms with Crippen molar-refractivity contribution < 1.29 is 19.8 Å². The Morgan fingerprint density at radius 1 is 1.40 bits per heavy atom. The summed E-state index contributed by atoms with van der Waals surface area (Å²) in [6.45, 7) is 0.853. The number of anilines is 1. The lowest BCUT2D eigenvalue weighted by Gasteiger charge is -2.18. The van der Waals surface area contributed by atoms with E-state index in [0.717, 1.165) is 4.90 Å². The van der Waals surface area contributed by atoms with Crippen molar-refractivity contribution in [1.82, 2.24) is 0 Å². The van der Waals surface area contributed by atoms with E-state index in [2.05, 4.69) is 0 Å². The molecule has 1 rings (SSSR count). The molecule has 0 fully saturated rings. The number of carbonyl (C=O) groups excluding carboxylic acids is 1. The fraction of sp³-hybridized carbons (Fsp3) is 0.200. The first-order chi connectivity index (χ1) is 7.00. The molecule has 1 aromatic rings. The molecule has 5 nitrogen and oxygen atoms in total. The van der Waals surface area contributed by atoms with Gasteiger partial charge in [-0.1, -0.05) is 6.07 Å². The Morgan fingerprint density at radius 2 is 2.07 bits per heavy atom. The monoisotopic (exact) mass is 209 g/mol. The Bertz CT molecular complexity index is 389. The third-order valence-electron chi connectivity index (χ3n) is 1.81. The number of carbonyl (C=O) groups is 2. The summed E-state index contributed by atoms with van der Waals surface area (Å²) in [5, 5.41) is 17.8. The smallest absolute Gasteiger partial charge is 0.323 e. The zero-order valence-corrected chi connectivity index (χ0v) is 8.17. The van der Waals surface area contributed by atoms with E-state index < -0.39 is 12.5 Å². The Hall–Kier alpha value is -2.04. The number of hydrogen-bond acceptors (Lipinski definition) is 3. The zero-order chi connectivity index (χ0) is 11.4. The van der Waals surface area contributed by atoms with Gasteiger partial charge in [0.2, 0.25) is 5.91 Å². The van der Waals surface area contributed by atoms with Crippen molar-refractivity contribution in [2.75, 3.05) is 11.4 Å². The van der Waals surface area contributed by atoms with Crippen LogP contribution in [0.25, 0.3) is 0 Å². The third-order valence-corrected chi connectivity index (χ3v) is 1.81. The van der Waals surface area contributed by atoms with Crippen LogP contribution in [0, 0.1) is 0 Å². The molecule has 0 aromatic heterocycles. The van der Waals surface area contributed by atoms with Gasteiger partial charge in [-0.25, -0.2) is 0 Å². The zero-order valence-electron chi connectivity index (χ0n) is 8.17. The topological polar surface area (TPSA) is 77.8 Å². The summed E-state index contributed by atoms with van der Waals surface area (Å²) in [6, 6.07) is 5.89. The fourth-order valence-electron chi connectivity index (χ4n) is 1.18. The van der Waals surface area contributed by atoms with Gasteiger partial charge in [-0.05, 0) is 12.1 Å². The van der Waals surface area contributed by atoms with Crippen molar-refractivity contribution in [2.24, 2.45) is 0 Å². The summed E-state index contributed by atoms with van der Waals surface area (Å²) in [5.74, 6) is -1.50. The second kappa shape index (κ2) is 4.45. The van der Waals surface area contributed by atoms with Gasteiger partial charge >= 0.3 is 5.97 Å². The standard InChI is InChI=1S/C10H11NO4/c1-7(12)11(6-10(14)15)8-3-2-4-9(13)5-8/h2-5,13H,6H2,1H3,(H,14,15). The molecule has 0 aliphatic carbocycles. The Morgan fingerprint density at radius 3 is 2.53 bits per heavy atom. The average Bonchev–Trinajstić information content (AvgIpc) is 2.13. The predicted molar refractivity (Wildman–Crippen MR) is 53.8 cm³/mol. The van der Waals surface area contributed by atoms with Crippen LogP contribution in [0.1, 0.15) is 6.92 Å². The first-order valence-corrected chi connectivity index (χ1v) is 4.29. The van der Waals surface area contributed by atoms with E-state index in [1.165, 1.54) is 19.1 Å². The number of rotatable bonds is 3. The van der Waals surface area contributed by atoms with E-state index in [0.29, 0.717) is 5.69 Å². The Labute approximate surface area is 86.6 Å². The van der Waals surface area contributed by atoms with Gasteiger partial charge in [0, 0.05) is 18.7 Å². The van der Waals surface area contributed by atoms with Crippen molar-refractivity contribution in [1.29, 1.82) is 0 Å². The van der Waals surface area contributed by atoms with Gasteiger partial charge in [0.1, 0.15) is 12.3 Å². The molecule has 0 aliphatic heterocycles. The van der Waals surface area contributed by atoms with Crippen LogP contribution >= 0.6 is 0 Å². The highest BCUT2D eigenvalue weighted by Crippen LogP contribution is 2.19.